The fourth-order valence-corrected chi connectivity index (χ4v) is 1.58. The molecule has 2 aromatic heterocycles. The molecule has 0 aliphatic rings. The minimum absolute atomic E-state index is 0.328. The van der Waals surface area contributed by atoms with E-state index in [4.69, 9.17) is 0 Å². The summed E-state index contributed by atoms with van der Waals surface area (Å²) in [5.74, 6) is -1.28. The number of aryl methyl sites for hydroxylation is 1. The van der Waals surface area contributed by atoms with Crippen molar-refractivity contribution in [3.63, 3.8) is 0 Å². The third-order valence-corrected chi connectivity index (χ3v) is 2.39. The maximum atomic E-state index is 11.8. The van der Waals surface area contributed by atoms with Crippen LogP contribution < -0.4 is 5.56 Å². The van der Waals surface area contributed by atoms with E-state index in [1.807, 2.05) is 13.0 Å². The van der Waals surface area contributed by atoms with Gasteiger partial charge >= 0.3 is 5.97 Å². The zero-order valence-corrected chi connectivity index (χ0v) is 8.44. The smallest absolute Gasteiger partial charge is 0.283 e. The Hall–Kier alpha value is -2.17. The number of carbonyl (C=O) groups is 1. The van der Waals surface area contributed by atoms with Crippen molar-refractivity contribution in [1.82, 2.24) is 4.40 Å². The van der Waals surface area contributed by atoms with Crippen LogP contribution in [0, 0.1) is 6.92 Å². The number of aromatic nitrogens is 1. The van der Waals surface area contributed by atoms with Crippen molar-refractivity contribution in [2.24, 2.45) is 0 Å². The number of pyridine rings is 2. The average molecular weight is 221 g/mol. The van der Waals surface area contributed by atoms with Crippen LogP contribution in [0.25, 0.3) is 5.52 Å². The van der Waals surface area contributed by atoms with Gasteiger partial charge in [-0.2, -0.15) is 0 Å². The van der Waals surface area contributed by atoms with E-state index in [2.05, 4.69) is 4.94 Å². The summed E-state index contributed by atoms with van der Waals surface area (Å²) in [5.41, 5.74) is 0.636. The second kappa shape index (κ2) is 3.77. The molecule has 0 fully saturated rings. The lowest BCUT2D eigenvalue weighted by molar-refractivity contribution is -0.0789. The number of carbonyl (C=O) groups excluding carboxylic acids is 1. The standard InChI is InChI=1S/C11H8FNO3/c1-7-3-2-6-13-9(7)5-4-8(10(13)14)11(15)16-12/h2-6H,1H3. The largest absolute Gasteiger partial charge is 0.385 e. The highest BCUT2D eigenvalue weighted by Gasteiger charge is 2.14. The van der Waals surface area contributed by atoms with Gasteiger partial charge in [-0.1, -0.05) is 6.07 Å². The number of halogens is 1. The zero-order valence-electron chi connectivity index (χ0n) is 8.44. The first-order valence-electron chi connectivity index (χ1n) is 4.59. The summed E-state index contributed by atoms with van der Waals surface area (Å²) in [4.78, 5) is 25.8. The Morgan fingerprint density at radius 3 is 2.81 bits per heavy atom. The van der Waals surface area contributed by atoms with E-state index in [0.29, 0.717) is 5.52 Å². The van der Waals surface area contributed by atoms with Crippen molar-refractivity contribution in [3.8, 4) is 0 Å². The Kier molecular flexibility index (Phi) is 2.44. The third kappa shape index (κ3) is 1.46. The number of rotatable bonds is 1. The second-order valence-corrected chi connectivity index (χ2v) is 3.36. The first-order chi connectivity index (χ1) is 7.65. The van der Waals surface area contributed by atoms with Gasteiger partial charge in [0, 0.05) is 10.7 Å². The van der Waals surface area contributed by atoms with E-state index < -0.39 is 11.5 Å². The Bertz CT molecular complexity index is 618. The van der Waals surface area contributed by atoms with Crippen molar-refractivity contribution < 1.29 is 14.3 Å². The summed E-state index contributed by atoms with van der Waals surface area (Å²) in [7, 11) is 0. The summed E-state index contributed by atoms with van der Waals surface area (Å²) < 4.78 is 13.0. The number of hydrogen-bond acceptors (Lipinski definition) is 3. The molecule has 2 aromatic rings. The van der Waals surface area contributed by atoms with Gasteiger partial charge < -0.3 is 0 Å². The molecule has 0 saturated carbocycles. The lowest BCUT2D eigenvalue weighted by Crippen LogP contribution is -2.22. The van der Waals surface area contributed by atoms with Gasteiger partial charge in [0.15, 0.2) is 0 Å². The molecular formula is C11H8FNO3. The van der Waals surface area contributed by atoms with Crippen molar-refractivity contribution in [2.75, 3.05) is 0 Å². The SMILES string of the molecule is Cc1cccn2c(=O)c(C(=O)OF)ccc12. The molecule has 82 valence electrons. The van der Waals surface area contributed by atoms with Gasteiger partial charge in [0.2, 0.25) is 0 Å². The first-order valence-corrected chi connectivity index (χ1v) is 4.59. The van der Waals surface area contributed by atoms with Gasteiger partial charge in [0.25, 0.3) is 5.56 Å². The van der Waals surface area contributed by atoms with Crippen LogP contribution in [0.3, 0.4) is 0 Å². The fraction of sp³-hybridized carbons (Fsp3) is 0.0909. The first kappa shape index (κ1) is 10.4. The van der Waals surface area contributed by atoms with Crippen LogP contribution in [-0.2, 0) is 4.94 Å². The Balaban J connectivity index is 2.81. The maximum Gasteiger partial charge on any atom is 0.385 e. The van der Waals surface area contributed by atoms with Crippen LogP contribution in [0.4, 0.5) is 4.53 Å². The van der Waals surface area contributed by atoms with E-state index in [1.54, 1.807) is 12.1 Å². The van der Waals surface area contributed by atoms with Crippen molar-refractivity contribution >= 4 is 11.5 Å². The highest BCUT2D eigenvalue weighted by Crippen LogP contribution is 2.08. The fourth-order valence-electron chi connectivity index (χ4n) is 1.58. The van der Waals surface area contributed by atoms with Gasteiger partial charge in [-0.3, -0.25) is 9.20 Å². The second-order valence-electron chi connectivity index (χ2n) is 3.36. The minimum atomic E-state index is -1.28. The molecule has 0 aliphatic carbocycles. The molecule has 5 heteroatoms. The van der Waals surface area contributed by atoms with E-state index in [9.17, 15) is 14.1 Å². The van der Waals surface area contributed by atoms with Crippen LogP contribution in [-0.4, -0.2) is 10.4 Å². The number of fused-ring (bicyclic) bond motifs is 1. The molecule has 0 N–H and O–H groups in total. The van der Waals surface area contributed by atoms with Crippen LogP contribution >= 0.6 is 0 Å². The van der Waals surface area contributed by atoms with Gasteiger partial charge in [-0.15, -0.1) is 0 Å². The van der Waals surface area contributed by atoms with Gasteiger partial charge in [-0.25, -0.2) is 9.74 Å². The monoisotopic (exact) mass is 221 g/mol. The quantitative estimate of drug-likeness (QED) is 0.735. The summed E-state index contributed by atoms with van der Waals surface area (Å²) in [6, 6.07) is 6.34. The Morgan fingerprint density at radius 2 is 2.12 bits per heavy atom. The normalized spacial score (nSPS) is 10.4. The molecule has 4 nitrogen and oxygen atoms in total. The molecule has 0 spiro atoms. The topological polar surface area (TPSA) is 47.8 Å². The molecule has 0 atom stereocenters. The summed E-state index contributed by atoms with van der Waals surface area (Å²) in [6.07, 6.45) is 1.51. The van der Waals surface area contributed by atoms with E-state index in [-0.39, 0.29) is 5.56 Å². The molecule has 0 saturated heterocycles. The van der Waals surface area contributed by atoms with Crippen LogP contribution in [0.5, 0.6) is 0 Å². The molecule has 0 bridgehead atoms. The zero-order chi connectivity index (χ0) is 11.7. The lowest BCUT2D eigenvalue weighted by Gasteiger charge is -2.04. The van der Waals surface area contributed by atoms with Crippen LogP contribution in [0.15, 0.2) is 35.3 Å². The van der Waals surface area contributed by atoms with E-state index in [0.717, 1.165) is 5.56 Å². The summed E-state index contributed by atoms with van der Waals surface area (Å²) in [5, 5.41) is 0. The van der Waals surface area contributed by atoms with Crippen molar-refractivity contribution in [1.29, 1.82) is 0 Å². The maximum absolute atomic E-state index is 11.8. The molecule has 2 heterocycles. The van der Waals surface area contributed by atoms with Crippen LogP contribution in [0.1, 0.15) is 15.9 Å². The predicted molar refractivity (Wildman–Crippen MR) is 54.9 cm³/mol. The molecule has 0 unspecified atom stereocenters. The van der Waals surface area contributed by atoms with E-state index in [1.165, 1.54) is 16.7 Å². The average Bonchev–Trinajstić information content (AvgIpc) is 2.30. The summed E-state index contributed by atoms with van der Waals surface area (Å²) >= 11 is 0. The molecule has 0 aliphatic heterocycles. The number of hydrogen-bond donors (Lipinski definition) is 0. The Labute approximate surface area is 89.8 Å². The van der Waals surface area contributed by atoms with Gasteiger partial charge in [0.1, 0.15) is 5.56 Å². The van der Waals surface area contributed by atoms with E-state index >= 15 is 0 Å². The molecular weight excluding hydrogens is 213 g/mol. The third-order valence-electron chi connectivity index (χ3n) is 2.39. The van der Waals surface area contributed by atoms with Gasteiger partial charge in [0.05, 0.1) is 5.52 Å². The van der Waals surface area contributed by atoms with Crippen molar-refractivity contribution in [3.05, 3.63) is 51.9 Å². The lowest BCUT2D eigenvalue weighted by atomic mass is 10.2. The molecule has 0 radical (unpaired) electrons. The Morgan fingerprint density at radius 1 is 1.38 bits per heavy atom. The molecule has 0 aromatic carbocycles. The van der Waals surface area contributed by atoms with Crippen LogP contribution in [0.2, 0.25) is 0 Å². The van der Waals surface area contributed by atoms with Crippen molar-refractivity contribution in [2.45, 2.75) is 6.92 Å². The highest BCUT2D eigenvalue weighted by molar-refractivity contribution is 5.89. The predicted octanol–water partition coefficient (Wildman–Crippen LogP) is 1.65. The van der Waals surface area contributed by atoms with Gasteiger partial charge in [-0.05, 0) is 30.7 Å². The molecule has 16 heavy (non-hydrogen) atoms. The summed E-state index contributed by atoms with van der Waals surface area (Å²) in [6.45, 7) is 1.84. The minimum Gasteiger partial charge on any atom is -0.283 e. The molecule has 0 amide bonds. The highest BCUT2D eigenvalue weighted by atomic mass is 19.3. The molecule has 2 rings (SSSR count). The number of nitrogens with zero attached hydrogens (tertiary/aromatic N) is 1.